The molecule has 24 heavy (non-hydrogen) atoms. The molecule has 4 rings (SSSR count). The number of H-pyrrole nitrogens is 1. The second-order valence-corrected chi connectivity index (χ2v) is 7.01. The highest BCUT2D eigenvalue weighted by molar-refractivity contribution is 9.10. The molecule has 0 saturated carbocycles. The zero-order chi connectivity index (χ0) is 16.8. The van der Waals surface area contributed by atoms with Crippen LogP contribution >= 0.6 is 27.5 Å². The van der Waals surface area contributed by atoms with Gasteiger partial charge in [-0.25, -0.2) is 0 Å². The van der Waals surface area contributed by atoms with Gasteiger partial charge in [0, 0.05) is 26.4 Å². The Kier molecular flexibility index (Phi) is 3.70. The summed E-state index contributed by atoms with van der Waals surface area (Å²) >= 11 is 9.87. The maximum atomic E-state index is 13.0. The molecule has 1 unspecified atom stereocenters. The Morgan fingerprint density at radius 1 is 1.17 bits per heavy atom. The Labute approximate surface area is 152 Å². The molecule has 0 spiro atoms. The van der Waals surface area contributed by atoms with Crippen molar-refractivity contribution in [1.29, 1.82) is 0 Å². The van der Waals surface area contributed by atoms with E-state index < -0.39 is 0 Å². The molecular formula is C18H13BrClN3O. The van der Waals surface area contributed by atoms with Gasteiger partial charge in [0.15, 0.2) is 5.69 Å². The number of hydrogen-bond acceptors (Lipinski definition) is 2. The van der Waals surface area contributed by atoms with Crippen LogP contribution in [-0.2, 0) is 0 Å². The van der Waals surface area contributed by atoms with E-state index in [2.05, 4.69) is 26.1 Å². The maximum Gasteiger partial charge on any atom is 0.280 e. The standard InChI is InChI=1S/C18H13BrClN3O/c1-10-15-16(22-21-10)18(24)23(12-8-6-11(19)7-9-12)17(15)13-4-2-3-5-14(13)20/h2-9,17H,1H3,(H,21,22). The zero-order valence-electron chi connectivity index (χ0n) is 12.8. The summed E-state index contributed by atoms with van der Waals surface area (Å²) in [4.78, 5) is 14.7. The predicted octanol–water partition coefficient (Wildman–Crippen LogP) is 4.88. The van der Waals surface area contributed by atoms with Crippen molar-refractivity contribution in [2.24, 2.45) is 0 Å². The minimum absolute atomic E-state index is 0.124. The molecule has 4 nitrogen and oxygen atoms in total. The first-order valence-corrected chi connectivity index (χ1v) is 8.63. The average molecular weight is 403 g/mol. The van der Waals surface area contributed by atoms with Crippen molar-refractivity contribution >= 4 is 39.1 Å². The van der Waals surface area contributed by atoms with Gasteiger partial charge in [0.1, 0.15) is 0 Å². The molecule has 120 valence electrons. The molecule has 0 saturated heterocycles. The predicted molar refractivity (Wildman–Crippen MR) is 97.6 cm³/mol. The van der Waals surface area contributed by atoms with Crippen LogP contribution in [0.3, 0.4) is 0 Å². The summed E-state index contributed by atoms with van der Waals surface area (Å²) in [5, 5.41) is 7.76. The number of hydrogen-bond donors (Lipinski definition) is 1. The van der Waals surface area contributed by atoms with Crippen LogP contribution in [0.25, 0.3) is 0 Å². The first kappa shape index (κ1) is 15.4. The first-order chi connectivity index (χ1) is 11.6. The van der Waals surface area contributed by atoms with Gasteiger partial charge in [0.05, 0.1) is 6.04 Å². The number of aromatic nitrogens is 2. The lowest BCUT2D eigenvalue weighted by Crippen LogP contribution is -2.29. The summed E-state index contributed by atoms with van der Waals surface area (Å²) in [5.74, 6) is -0.124. The third kappa shape index (κ3) is 2.27. The summed E-state index contributed by atoms with van der Waals surface area (Å²) in [6.45, 7) is 1.92. The number of anilines is 1. The summed E-state index contributed by atoms with van der Waals surface area (Å²) in [6, 6.07) is 15.0. The fourth-order valence-corrected chi connectivity index (χ4v) is 3.66. The summed E-state index contributed by atoms with van der Waals surface area (Å²) in [6.07, 6.45) is 0. The van der Waals surface area contributed by atoms with Crippen molar-refractivity contribution < 1.29 is 4.79 Å². The van der Waals surface area contributed by atoms with Crippen LogP contribution in [0.2, 0.25) is 5.02 Å². The minimum atomic E-state index is -0.291. The van der Waals surface area contributed by atoms with Gasteiger partial charge in [-0.15, -0.1) is 0 Å². The molecule has 1 aliphatic rings. The van der Waals surface area contributed by atoms with Crippen molar-refractivity contribution in [2.75, 3.05) is 4.90 Å². The van der Waals surface area contributed by atoms with Crippen LogP contribution in [0.1, 0.15) is 33.4 Å². The number of rotatable bonds is 2. The van der Waals surface area contributed by atoms with Gasteiger partial charge in [0.25, 0.3) is 5.91 Å². The number of carbonyl (C=O) groups is 1. The van der Waals surface area contributed by atoms with Gasteiger partial charge < -0.3 is 0 Å². The van der Waals surface area contributed by atoms with E-state index in [-0.39, 0.29) is 11.9 Å². The van der Waals surface area contributed by atoms with E-state index in [1.54, 1.807) is 4.90 Å². The van der Waals surface area contributed by atoms with Crippen molar-refractivity contribution in [3.63, 3.8) is 0 Å². The molecule has 1 aromatic heterocycles. The fourth-order valence-electron chi connectivity index (χ4n) is 3.16. The lowest BCUT2D eigenvalue weighted by atomic mass is 9.99. The molecule has 1 atom stereocenters. The molecule has 0 radical (unpaired) electrons. The van der Waals surface area contributed by atoms with E-state index in [0.717, 1.165) is 27.0 Å². The zero-order valence-corrected chi connectivity index (χ0v) is 15.1. The number of fused-ring (bicyclic) bond motifs is 1. The normalized spacial score (nSPS) is 16.5. The quantitative estimate of drug-likeness (QED) is 0.664. The number of amides is 1. The Morgan fingerprint density at radius 2 is 1.88 bits per heavy atom. The molecule has 1 N–H and O–H groups in total. The molecule has 1 aliphatic heterocycles. The Hall–Kier alpha value is -2.11. The van der Waals surface area contributed by atoms with E-state index in [9.17, 15) is 4.79 Å². The van der Waals surface area contributed by atoms with Crippen molar-refractivity contribution in [2.45, 2.75) is 13.0 Å². The molecule has 0 bridgehead atoms. The molecule has 6 heteroatoms. The molecule has 1 amide bonds. The largest absolute Gasteiger partial charge is 0.295 e. The third-order valence-electron chi connectivity index (χ3n) is 4.25. The summed E-state index contributed by atoms with van der Waals surface area (Å²) in [5.41, 5.74) is 3.92. The molecule has 0 fully saturated rings. The molecular weight excluding hydrogens is 390 g/mol. The fraction of sp³-hybridized carbons (Fsp3) is 0.111. The van der Waals surface area contributed by atoms with Gasteiger partial charge in [-0.1, -0.05) is 45.7 Å². The second-order valence-electron chi connectivity index (χ2n) is 5.69. The smallest absolute Gasteiger partial charge is 0.280 e. The SMILES string of the molecule is Cc1[nH]nc2c1C(c1ccccc1Cl)N(c1ccc(Br)cc1)C2=O. The van der Waals surface area contributed by atoms with Crippen molar-refractivity contribution in [3.8, 4) is 0 Å². The Balaban J connectivity index is 1.94. The van der Waals surface area contributed by atoms with Crippen molar-refractivity contribution in [3.05, 3.63) is 80.5 Å². The van der Waals surface area contributed by atoms with Crippen LogP contribution in [0.5, 0.6) is 0 Å². The van der Waals surface area contributed by atoms with Crippen LogP contribution in [0.15, 0.2) is 53.0 Å². The minimum Gasteiger partial charge on any atom is -0.295 e. The summed E-state index contributed by atoms with van der Waals surface area (Å²) < 4.78 is 0.960. The van der Waals surface area contributed by atoms with Crippen LogP contribution in [0.4, 0.5) is 5.69 Å². The topological polar surface area (TPSA) is 49.0 Å². The van der Waals surface area contributed by atoms with Gasteiger partial charge in [-0.05, 0) is 42.8 Å². The molecule has 0 aliphatic carbocycles. The first-order valence-electron chi connectivity index (χ1n) is 7.46. The summed E-state index contributed by atoms with van der Waals surface area (Å²) in [7, 11) is 0. The number of aryl methyl sites for hydroxylation is 1. The van der Waals surface area contributed by atoms with Gasteiger partial charge in [-0.3, -0.25) is 14.8 Å². The Bertz CT molecular complexity index is 936. The molecule has 2 heterocycles. The highest BCUT2D eigenvalue weighted by Gasteiger charge is 2.42. The number of nitrogens with zero attached hydrogens (tertiary/aromatic N) is 2. The number of nitrogens with one attached hydrogen (secondary N) is 1. The van der Waals surface area contributed by atoms with Crippen LogP contribution in [0, 0.1) is 6.92 Å². The second kappa shape index (κ2) is 5.76. The van der Waals surface area contributed by atoms with Gasteiger partial charge >= 0.3 is 0 Å². The lowest BCUT2D eigenvalue weighted by Gasteiger charge is -2.27. The van der Waals surface area contributed by atoms with Gasteiger partial charge in [-0.2, -0.15) is 5.10 Å². The monoisotopic (exact) mass is 401 g/mol. The highest BCUT2D eigenvalue weighted by atomic mass is 79.9. The van der Waals surface area contributed by atoms with E-state index in [4.69, 9.17) is 11.6 Å². The number of halogens is 2. The number of carbonyl (C=O) groups excluding carboxylic acids is 1. The van der Waals surface area contributed by atoms with E-state index >= 15 is 0 Å². The molecule has 3 aromatic rings. The van der Waals surface area contributed by atoms with E-state index in [0.29, 0.717) is 10.7 Å². The highest BCUT2D eigenvalue weighted by Crippen LogP contribution is 2.44. The number of aromatic amines is 1. The van der Waals surface area contributed by atoms with Gasteiger partial charge in [0.2, 0.25) is 0 Å². The van der Waals surface area contributed by atoms with Crippen molar-refractivity contribution in [1.82, 2.24) is 10.2 Å². The van der Waals surface area contributed by atoms with Crippen LogP contribution < -0.4 is 4.90 Å². The molecule has 2 aromatic carbocycles. The van der Waals surface area contributed by atoms with E-state index in [1.165, 1.54) is 0 Å². The Morgan fingerprint density at radius 3 is 2.58 bits per heavy atom. The number of benzene rings is 2. The maximum absolute atomic E-state index is 13.0. The van der Waals surface area contributed by atoms with Crippen LogP contribution in [-0.4, -0.2) is 16.1 Å². The van der Waals surface area contributed by atoms with E-state index in [1.807, 2.05) is 55.5 Å². The average Bonchev–Trinajstić information content (AvgIpc) is 3.08. The lowest BCUT2D eigenvalue weighted by molar-refractivity contribution is 0.0989. The third-order valence-corrected chi connectivity index (χ3v) is 5.13.